The van der Waals surface area contributed by atoms with E-state index in [2.05, 4.69) is 61.4 Å². The number of nitrogens with one attached hydrogen (secondary N) is 1. The molecule has 0 fully saturated rings. The number of benzene rings is 4. The highest BCUT2D eigenvalue weighted by Crippen LogP contribution is 2.35. The highest BCUT2D eigenvalue weighted by atomic mass is 79.9. The van der Waals surface area contributed by atoms with Gasteiger partial charge in [-0.3, -0.25) is 0 Å². The molecule has 0 aromatic heterocycles. The van der Waals surface area contributed by atoms with Crippen molar-refractivity contribution < 1.29 is 9.47 Å². The molecule has 4 aromatic carbocycles. The van der Waals surface area contributed by atoms with Crippen molar-refractivity contribution in [3.05, 3.63) is 117 Å². The molecule has 5 heteroatoms. The molecule has 0 saturated carbocycles. The molecule has 0 saturated heterocycles. The molecule has 0 heterocycles. The van der Waals surface area contributed by atoms with Crippen molar-refractivity contribution >= 4 is 37.5 Å². The first kappa shape index (κ1) is 21.5. The fourth-order valence-electron chi connectivity index (χ4n) is 3.05. The van der Waals surface area contributed by atoms with Gasteiger partial charge in [-0.15, -0.1) is 0 Å². The molecule has 31 heavy (non-hydrogen) atoms. The lowest BCUT2D eigenvalue weighted by atomic mass is 10.2. The Labute approximate surface area is 199 Å². The van der Waals surface area contributed by atoms with Crippen molar-refractivity contribution in [2.45, 2.75) is 13.2 Å². The lowest BCUT2D eigenvalue weighted by Gasteiger charge is -2.13. The summed E-state index contributed by atoms with van der Waals surface area (Å²) in [7, 11) is 0. The molecule has 0 bridgehead atoms. The molecular formula is C26H21Br2NO2. The Hall–Kier alpha value is -2.76. The standard InChI is InChI=1S/C26H21Br2NO2/c27-24-15-20(16-25(28)26(24)30-18-19-7-3-1-4-8-19)17-29-21-11-13-23(14-12-21)31-22-9-5-2-6-10-22/h1-16,29H,17-18H2. The van der Waals surface area contributed by atoms with Gasteiger partial charge in [0.05, 0.1) is 8.95 Å². The Morgan fingerprint density at radius 2 is 1.23 bits per heavy atom. The maximum atomic E-state index is 6.01. The third-order valence-corrected chi connectivity index (χ3v) is 5.79. The second-order valence-electron chi connectivity index (χ2n) is 6.96. The molecule has 0 spiro atoms. The van der Waals surface area contributed by atoms with Gasteiger partial charge < -0.3 is 14.8 Å². The number of rotatable bonds is 8. The van der Waals surface area contributed by atoms with Crippen LogP contribution in [0.15, 0.2) is 106 Å². The summed E-state index contributed by atoms with van der Waals surface area (Å²) in [5.41, 5.74) is 3.29. The summed E-state index contributed by atoms with van der Waals surface area (Å²) >= 11 is 7.28. The predicted octanol–water partition coefficient (Wildman–Crippen LogP) is 8.20. The van der Waals surface area contributed by atoms with Crippen molar-refractivity contribution in [3.8, 4) is 17.2 Å². The molecule has 4 rings (SSSR count). The van der Waals surface area contributed by atoms with Crippen molar-refractivity contribution in [1.29, 1.82) is 0 Å². The van der Waals surface area contributed by atoms with Gasteiger partial charge in [-0.1, -0.05) is 48.5 Å². The monoisotopic (exact) mass is 537 g/mol. The number of ether oxygens (including phenoxy) is 2. The van der Waals surface area contributed by atoms with E-state index in [0.717, 1.165) is 43.0 Å². The summed E-state index contributed by atoms with van der Waals surface area (Å²) in [6, 6.07) is 32.0. The Morgan fingerprint density at radius 1 is 0.645 bits per heavy atom. The molecule has 4 aromatic rings. The Morgan fingerprint density at radius 3 is 1.87 bits per heavy atom. The second-order valence-corrected chi connectivity index (χ2v) is 8.66. The van der Waals surface area contributed by atoms with Crippen molar-refractivity contribution in [1.82, 2.24) is 0 Å². The fraction of sp³-hybridized carbons (Fsp3) is 0.0769. The Bertz CT molecular complexity index is 1090. The van der Waals surface area contributed by atoms with Gasteiger partial charge in [0.2, 0.25) is 0 Å². The average molecular weight is 539 g/mol. The highest BCUT2D eigenvalue weighted by Gasteiger charge is 2.10. The Balaban J connectivity index is 1.35. The lowest BCUT2D eigenvalue weighted by molar-refractivity contribution is 0.302. The maximum Gasteiger partial charge on any atom is 0.148 e. The molecular weight excluding hydrogens is 518 g/mol. The molecule has 156 valence electrons. The van der Waals surface area contributed by atoms with Gasteiger partial charge in [0.25, 0.3) is 0 Å². The second kappa shape index (κ2) is 10.5. The zero-order chi connectivity index (χ0) is 21.5. The van der Waals surface area contributed by atoms with Crippen LogP contribution >= 0.6 is 31.9 Å². The van der Waals surface area contributed by atoms with Crippen molar-refractivity contribution in [3.63, 3.8) is 0 Å². The summed E-state index contributed by atoms with van der Waals surface area (Å²) in [6.07, 6.45) is 0. The van der Waals surface area contributed by atoms with Crippen LogP contribution in [0.3, 0.4) is 0 Å². The third-order valence-electron chi connectivity index (χ3n) is 4.61. The highest BCUT2D eigenvalue weighted by molar-refractivity contribution is 9.11. The summed E-state index contributed by atoms with van der Waals surface area (Å²) in [4.78, 5) is 0. The normalized spacial score (nSPS) is 10.5. The first-order valence-corrected chi connectivity index (χ1v) is 11.5. The van der Waals surface area contributed by atoms with E-state index in [9.17, 15) is 0 Å². The SMILES string of the molecule is Brc1cc(CNc2ccc(Oc3ccccc3)cc2)cc(Br)c1OCc1ccccc1. The first-order valence-electron chi connectivity index (χ1n) is 9.89. The van der Waals surface area contributed by atoms with Gasteiger partial charge in [-0.2, -0.15) is 0 Å². The molecule has 0 aliphatic heterocycles. The van der Waals surface area contributed by atoms with E-state index in [1.54, 1.807) is 0 Å². The lowest BCUT2D eigenvalue weighted by Crippen LogP contribution is -2.01. The van der Waals surface area contributed by atoms with E-state index in [1.807, 2.05) is 72.8 Å². The summed E-state index contributed by atoms with van der Waals surface area (Å²) < 4.78 is 13.7. The van der Waals surface area contributed by atoms with Crippen molar-refractivity contribution in [2.75, 3.05) is 5.32 Å². The van der Waals surface area contributed by atoms with Gasteiger partial charge in [0.1, 0.15) is 23.9 Å². The third kappa shape index (κ3) is 6.12. The molecule has 0 aliphatic carbocycles. The number of halogens is 2. The average Bonchev–Trinajstić information content (AvgIpc) is 2.79. The molecule has 0 amide bonds. The van der Waals surface area contributed by atoms with Crippen LogP contribution in [0.25, 0.3) is 0 Å². The predicted molar refractivity (Wildman–Crippen MR) is 133 cm³/mol. The topological polar surface area (TPSA) is 30.5 Å². The molecule has 1 N–H and O–H groups in total. The van der Waals surface area contributed by atoms with Crippen LogP contribution in [0.1, 0.15) is 11.1 Å². The zero-order valence-electron chi connectivity index (χ0n) is 16.7. The van der Waals surface area contributed by atoms with Crippen LogP contribution in [-0.2, 0) is 13.2 Å². The number of hydrogen-bond donors (Lipinski definition) is 1. The number of para-hydroxylation sites is 1. The molecule has 0 aliphatic rings. The van der Waals surface area contributed by atoms with E-state index >= 15 is 0 Å². The molecule has 0 radical (unpaired) electrons. The van der Waals surface area contributed by atoms with Crippen molar-refractivity contribution in [2.24, 2.45) is 0 Å². The summed E-state index contributed by atoms with van der Waals surface area (Å²) in [6.45, 7) is 1.21. The first-order chi connectivity index (χ1) is 15.2. The minimum atomic E-state index is 0.521. The minimum absolute atomic E-state index is 0.521. The van der Waals surface area contributed by atoms with Crippen LogP contribution in [0.5, 0.6) is 17.2 Å². The van der Waals surface area contributed by atoms with Crippen LogP contribution in [0.2, 0.25) is 0 Å². The van der Waals surface area contributed by atoms with Gasteiger partial charge in [0, 0.05) is 12.2 Å². The van der Waals surface area contributed by atoms with E-state index in [1.165, 1.54) is 0 Å². The maximum absolute atomic E-state index is 6.01. The summed E-state index contributed by atoms with van der Waals surface area (Å²) in [5.74, 6) is 2.43. The zero-order valence-corrected chi connectivity index (χ0v) is 19.9. The molecule has 0 atom stereocenters. The van der Waals surface area contributed by atoms with E-state index in [-0.39, 0.29) is 0 Å². The van der Waals surface area contributed by atoms with Gasteiger partial charge >= 0.3 is 0 Å². The minimum Gasteiger partial charge on any atom is -0.487 e. The van der Waals surface area contributed by atoms with Crippen LogP contribution in [0.4, 0.5) is 5.69 Å². The van der Waals surface area contributed by atoms with Gasteiger partial charge in [-0.05, 0) is 91.5 Å². The Kier molecular flexibility index (Phi) is 7.28. The van der Waals surface area contributed by atoms with Crippen LogP contribution < -0.4 is 14.8 Å². The quantitative estimate of drug-likeness (QED) is 0.245. The fourth-order valence-corrected chi connectivity index (χ4v) is 4.56. The van der Waals surface area contributed by atoms with Crippen LogP contribution in [0, 0.1) is 0 Å². The largest absolute Gasteiger partial charge is 0.487 e. The van der Waals surface area contributed by atoms with E-state index in [0.29, 0.717) is 13.2 Å². The number of hydrogen-bond acceptors (Lipinski definition) is 3. The van der Waals surface area contributed by atoms with E-state index in [4.69, 9.17) is 9.47 Å². The van der Waals surface area contributed by atoms with E-state index < -0.39 is 0 Å². The van der Waals surface area contributed by atoms with Gasteiger partial charge in [0.15, 0.2) is 0 Å². The summed E-state index contributed by atoms with van der Waals surface area (Å²) in [5, 5.41) is 3.45. The smallest absolute Gasteiger partial charge is 0.148 e. The number of anilines is 1. The molecule has 3 nitrogen and oxygen atoms in total. The van der Waals surface area contributed by atoms with Gasteiger partial charge in [-0.25, -0.2) is 0 Å². The molecule has 0 unspecified atom stereocenters. The van der Waals surface area contributed by atoms with Crippen LogP contribution in [-0.4, -0.2) is 0 Å².